The highest BCUT2D eigenvalue weighted by atomic mass is 32.1. The van der Waals surface area contributed by atoms with Gasteiger partial charge in [-0.1, -0.05) is 6.07 Å². The van der Waals surface area contributed by atoms with Crippen LogP contribution in [0, 0.1) is 6.92 Å². The lowest BCUT2D eigenvalue weighted by Crippen LogP contribution is -2.26. The van der Waals surface area contributed by atoms with Crippen molar-refractivity contribution in [2.45, 2.75) is 6.54 Å². The fourth-order valence-electron chi connectivity index (χ4n) is 0.927. The predicted molar refractivity (Wildman–Crippen MR) is 54.3 cm³/mol. The second-order valence-electron chi connectivity index (χ2n) is 2.51. The summed E-state index contributed by atoms with van der Waals surface area (Å²) in [5, 5.41) is 8.60. The highest BCUT2D eigenvalue weighted by Gasteiger charge is 1.90. The van der Waals surface area contributed by atoms with Crippen LogP contribution in [0.1, 0.15) is 4.88 Å². The third-order valence-corrected chi connectivity index (χ3v) is 2.41. The highest BCUT2D eigenvalue weighted by Crippen LogP contribution is 2.06. The van der Waals surface area contributed by atoms with Crippen LogP contribution in [0.3, 0.4) is 0 Å². The number of hydrogen-bond donors (Lipinski definition) is 2. The molecule has 0 aliphatic carbocycles. The van der Waals surface area contributed by atoms with Gasteiger partial charge in [0.15, 0.2) is 0 Å². The molecule has 12 heavy (non-hydrogen) atoms. The van der Waals surface area contributed by atoms with Crippen LogP contribution < -0.4 is 10.6 Å². The van der Waals surface area contributed by atoms with Crippen LogP contribution in [0.5, 0.6) is 0 Å². The Morgan fingerprint density at radius 2 is 2.17 bits per heavy atom. The Balaban J connectivity index is 1.96. The summed E-state index contributed by atoms with van der Waals surface area (Å²) in [5.41, 5.74) is 0. The quantitative estimate of drug-likeness (QED) is 0.649. The van der Waals surface area contributed by atoms with E-state index in [1.54, 1.807) is 11.3 Å². The molecule has 0 aliphatic heterocycles. The minimum atomic E-state index is 0.806. The van der Waals surface area contributed by atoms with E-state index >= 15 is 0 Å². The van der Waals surface area contributed by atoms with Crippen molar-refractivity contribution >= 4 is 11.3 Å². The van der Waals surface area contributed by atoms with E-state index < -0.39 is 0 Å². The molecule has 1 aromatic heterocycles. The molecule has 0 fully saturated rings. The molecule has 0 unspecified atom stereocenters. The molecular formula is C9H15N2S. The first-order chi connectivity index (χ1) is 5.93. The molecule has 0 amide bonds. The molecule has 1 radical (unpaired) electrons. The third-order valence-electron chi connectivity index (χ3n) is 1.53. The minimum Gasteiger partial charge on any atom is -0.315 e. The fraction of sp³-hybridized carbons (Fsp3) is 0.444. The van der Waals surface area contributed by atoms with Gasteiger partial charge >= 0.3 is 0 Å². The maximum absolute atomic E-state index is 3.70. The van der Waals surface area contributed by atoms with Crippen LogP contribution in [0.15, 0.2) is 17.5 Å². The Kier molecular flexibility index (Phi) is 4.99. The van der Waals surface area contributed by atoms with Gasteiger partial charge in [0.2, 0.25) is 0 Å². The molecule has 0 spiro atoms. The van der Waals surface area contributed by atoms with E-state index in [0.29, 0.717) is 0 Å². The molecule has 3 heteroatoms. The number of nitrogens with one attached hydrogen (secondary N) is 2. The number of hydrogen-bond acceptors (Lipinski definition) is 3. The van der Waals surface area contributed by atoms with Crippen LogP contribution in [-0.4, -0.2) is 19.6 Å². The Labute approximate surface area is 78.0 Å². The summed E-state index contributed by atoms with van der Waals surface area (Å²) < 4.78 is 0. The molecule has 1 heterocycles. The average molecular weight is 183 g/mol. The summed E-state index contributed by atoms with van der Waals surface area (Å²) in [6.07, 6.45) is 0. The molecule has 1 rings (SSSR count). The Morgan fingerprint density at radius 1 is 1.33 bits per heavy atom. The SMILES string of the molecule is [CH2]CNCCNCc1cccs1. The summed E-state index contributed by atoms with van der Waals surface area (Å²) in [6, 6.07) is 4.22. The van der Waals surface area contributed by atoms with Crippen LogP contribution in [-0.2, 0) is 6.54 Å². The van der Waals surface area contributed by atoms with E-state index in [0.717, 1.165) is 26.2 Å². The van der Waals surface area contributed by atoms with Gasteiger partial charge in [-0.15, -0.1) is 11.3 Å². The smallest absolute Gasteiger partial charge is 0.0300 e. The van der Waals surface area contributed by atoms with Crippen molar-refractivity contribution in [3.05, 3.63) is 29.3 Å². The summed E-state index contributed by atoms with van der Waals surface area (Å²) in [4.78, 5) is 1.39. The summed E-state index contributed by atoms with van der Waals surface area (Å²) in [5.74, 6) is 0. The van der Waals surface area contributed by atoms with Crippen LogP contribution in [0.4, 0.5) is 0 Å². The molecule has 0 saturated carbocycles. The lowest BCUT2D eigenvalue weighted by atomic mass is 10.4. The van der Waals surface area contributed by atoms with E-state index in [-0.39, 0.29) is 0 Å². The van der Waals surface area contributed by atoms with Crippen molar-refractivity contribution in [2.24, 2.45) is 0 Å². The van der Waals surface area contributed by atoms with E-state index in [1.807, 2.05) is 0 Å². The molecule has 67 valence electrons. The Morgan fingerprint density at radius 3 is 2.83 bits per heavy atom. The van der Waals surface area contributed by atoms with Gasteiger partial charge in [0.1, 0.15) is 0 Å². The van der Waals surface area contributed by atoms with Crippen LogP contribution >= 0.6 is 11.3 Å². The number of rotatable bonds is 6. The van der Waals surface area contributed by atoms with Gasteiger partial charge in [0, 0.05) is 24.5 Å². The standard InChI is InChI=1S/C9H15N2S/c1-2-10-5-6-11-8-9-4-3-7-12-9/h3-4,7,10-11H,1-2,5-6,8H2. The molecule has 0 bridgehead atoms. The Bertz CT molecular complexity index is 184. The zero-order valence-electron chi connectivity index (χ0n) is 7.18. The van der Waals surface area contributed by atoms with Crippen molar-refractivity contribution in [1.29, 1.82) is 0 Å². The van der Waals surface area contributed by atoms with Gasteiger partial charge in [0.25, 0.3) is 0 Å². The maximum Gasteiger partial charge on any atom is 0.0300 e. The zero-order chi connectivity index (χ0) is 8.65. The maximum atomic E-state index is 3.70. The van der Waals surface area contributed by atoms with Crippen molar-refractivity contribution in [2.75, 3.05) is 19.6 Å². The first-order valence-electron chi connectivity index (χ1n) is 4.16. The normalized spacial score (nSPS) is 10.4. The fourth-order valence-corrected chi connectivity index (χ4v) is 1.60. The third kappa shape index (κ3) is 3.85. The molecule has 2 N–H and O–H groups in total. The summed E-state index contributed by atoms with van der Waals surface area (Å²) in [7, 11) is 0. The minimum absolute atomic E-state index is 0.806. The lowest BCUT2D eigenvalue weighted by molar-refractivity contribution is 0.638. The lowest BCUT2D eigenvalue weighted by Gasteiger charge is -2.02. The molecule has 0 saturated heterocycles. The van der Waals surface area contributed by atoms with Crippen LogP contribution in [0.2, 0.25) is 0 Å². The summed E-state index contributed by atoms with van der Waals surface area (Å²) >= 11 is 1.79. The highest BCUT2D eigenvalue weighted by molar-refractivity contribution is 7.09. The molecular weight excluding hydrogens is 168 g/mol. The van der Waals surface area contributed by atoms with Gasteiger partial charge in [0.05, 0.1) is 0 Å². The zero-order valence-corrected chi connectivity index (χ0v) is 7.99. The monoisotopic (exact) mass is 183 g/mol. The van der Waals surface area contributed by atoms with Gasteiger partial charge in [-0.05, 0) is 24.9 Å². The first-order valence-corrected chi connectivity index (χ1v) is 5.04. The van der Waals surface area contributed by atoms with E-state index in [9.17, 15) is 0 Å². The molecule has 1 aromatic rings. The van der Waals surface area contributed by atoms with Crippen LogP contribution in [0.25, 0.3) is 0 Å². The van der Waals surface area contributed by atoms with E-state index in [2.05, 4.69) is 35.1 Å². The van der Waals surface area contributed by atoms with E-state index in [1.165, 1.54) is 4.88 Å². The van der Waals surface area contributed by atoms with Crippen molar-refractivity contribution in [3.63, 3.8) is 0 Å². The number of thiophene rings is 1. The topological polar surface area (TPSA) is 24.1 Å². The molecule has 2 nitrogen and oxygen atoms in total. The van der Waals surface area contributed by atoms with Gasteiger partial charge in [-0.3, -0.25) is 0 Å². The molecule has 0 aromatic carbocycles. The Hall–Kier alpha value is -0.380. The van der Waals surface area contributed by atoms with E-state index in [4.69, 9.17) is 0 Å². The van der Waals surface area contributed by atoms with Crippen molar-refractivity contribution < 1.29 is 0 Å². The van der Waals surface area contributed by atoms with Gasteiger partial charge < -0.3 is 10.6 Å². The van der Waals surface area contributed by atoms with Crippen molar-refractivity contribution in [1.82, 2.24) is 10.6 Å². The summed E-state index contributed by atoms with van der Waals surface area (Å²) in [6.45, 7) is 7.49. The van der Waals surface area contributed by atoms with Gasteiger partial charge in [-0.2, -0.15) is 0 Å². The van der Waals surface area contributed by atoms with Crippen molar-refractivity contribution in [3.8, 4) is 0 Å². The molecule has 0 aliphatic rings. The average Bonchev–Trinajstić information content (AvgIpc) is 2.57. The second-order valence-corrected chi connectivity index (χ2v) is 3.54. The van der Waals surface area contributed by atoms with Gasteiger partial charge in [-0.25, -0.2) is 0 Å². The molecule has 0 atom stereocenters. The second kappa shape index (κ2) is 6.17. The largest absolute Gasteiger partial charge is 0.315 e. The first kappa shape index (κ1) is 9.71. The predicted octanol–water partition coefficient (Wildman–Crippen LogP) is 1.26.